The van der Waals surface area contributed by atoms with Crippen molar-refractivity contribution in [3.05, 3.63) is 77.3 Å². The third-order valence-electron chi connectivity index (χ3n) is 9.91. The molecule has 0 bridgehead atoms. The second kappa shape index (κ2) is 10.7. The molecule has 13 heteroatoms. The minimum absolute atomic E-state index is 0.00946. The molecule has 2 aromatic carbocycles. The van der Waals surface area contributed by atoms with Crippen LogP contribution in [-0.2, 0) is 30.4 Å². The number of phenolic OH excluding ortho intramolecular Hbond substituents is 1. The van der Waals surface area contributed by atoms with Crippen LogP contribution in [0.2, 0.25) is 0 Å². The highest BCUT2D eigenvalue weighted by Gasteiger charge is 2.77. The van der Waals surface area contributed by atoms with Crippen molar-refractivity contribution in [2.45, 2.75) is 41.9 Å². The first-order chi connectivity index (χ1) is 21.9. The smallest absolute Gasteiger partial charge is 0.303 e. The molecule has 0 radical (unpaired) electrons. The zero-order valence-corrected chi connectivity index (χ0v) is 25.6. The first-order valence-corrected chi connectivity index (χ1v) is 15.6. The van der Waals surface area contributed by atoms with Crippen LogP contribution in [0.3, 0.4) is 0 Å². The maximum atomic E-state index is 14.4. The lowest BCUT2D eigenvalue weighted by Gasteiger charge is -2.51. The zero-order chi connectivity index (χ0) is 32.7. The molecular weight excluding hydrogens is 642 g/mol. The maximum Gasteiger partial charge on any atom is 0.303 e. The van der Waals surface area contributed by atoms with Crippen molar-refractivity contribution < 1.29 is 43.3 Å². The quantitative estimate of drug-likeness (QED) is 0.264. The van der Waals surface area contributed by atoms with Crippen molar-refractivity contribution in [1.29, 1.82) is 0 Å². The molecule has 5 aliphatic rings. The van der Waals surface area contributed by atoms with Crippen LogP contribution in [0.1, 0.15) is 31.2 Å². The number of fused-ring (bicyclic) bond motifs is 5. The molecule has 2 aliphatic carbocycles. The number of alkyl halides is 2. The highest BCUT2D eigenvalue weighted by atomic mass is 35.5. The Morgan fingerprint density at radius 3 is 2.48 bits per heavy atom. The topological polar surface area (TPSA) is 142 Å². The Labute approximate surface area is 272 Å². The molecule has 10 nitrogen and oxygen atoms in total. The number of carboxylic acids is 1. The summed E-state index contributed by atoms with van der Waals surface area (Å²) in [5.74, 6) is -7.25. The van der Waals surface area contributed by atoms with Gasteiger partial charge < -0.3 is 14.9 Å². The van der Waals surface area contributed by atoms with E-state index in [1.54, 1.807) is 12.1 Å². The van der Waals surface area contributed by atoms with Gasteiger partial charge in [-0.25, -0.2) is 9.29 Å². The Morgan fingerprint density at radius 2 is 1.76 bits per heavy atom. The van der Waals surface area contributed by atoms with E-state index in [2.05, 4.69) is 0 Å². The Morgan fingerprint density at radius 1 is 1.02 bits per heavy atom. The van der Waals surface area contributed by atoms with Crippen LogP contribution in [0.15, 0.2) is 65.9 Å². The van der Waals surface area contributed by atoms with Gasteiger partial charge in [-0.2, -0.15) is 0 Å². The molecule has 4 amide bonds. The monoisotopic (exact) mass is 668 g/mol. The van der Waals surface area contributed by atoms with Crippen molar-refractivity contribution in [2.24, 2.45) is 23.7 Å². The molecule has 3 aliphatic heterocycles. The fourth-order valence-corrected chi connectivity index (χ4v) is 8.83. The van der Waals surface area contributed by atoms with Gasteiger partial charge in [0.1, 0.15) is 17.3 Å². The van der Waals surface area contributed by atoms with E-state index >= 15 is 0 Å². The fraction of sp³-hybridized carbons (Fsp3) is 0.364. The van der Waals surface area contributed by atoms with Gasteiger partial charge in [0.2, 0.25) is 11.8 Å². The number of carbonyl (C=O) groups excluding carboxylic acids is 4. The minimum Gasteiger partial charge on any atom is -0.508 e. The highest BCUT2D eigenvalue weighted by Crippen LogP contribution is 2.65. The number of halogens is 3. The van der Waals surface area contributed by atoms with Crippen LogP contribution in [0.4, 0.5) is 10.1 Å². The molecule has 6 atom stereocenters. The second-order valence-corrected chi connectivity index (χ2v) is 13.6. The molecule has 7 rings (SSSR count). The number of rotatable bonds is 6. The summed E-state index contributed by atoms with van der Waals surface area (Å²) in [6.07, 6.45) is 3.18. The summed E-state index contributed by atoms with van der Waals surface area (Å²) in [6.45, 7) is -0.0665. The summed E-state index contributed by atoms with van der Waals surface area (Å²) in [5.41, 5.74) is 1.71. The predicted molar refractivity (Wildman–Crippen MR) is 161 cm³/mol. The molecule has 2 N–H and O–H groups in total. The van der Waals surface area contributed by atoms with Crippen LogP contribution in [0.5, 0.6) is 11.5 Å². The normalized spacial score (nSPS) is 31.5. The number of anilines is 1. The van der Waals surface area contributed by atoms with Crippen LogP contribution in [-0.4, -0.2) is 61.0 Å². The summed E-state index contributed by atoms with van der Waals surface area (Å²) in [7, 11) is 0. The molecular formula is C33H27Cl2FN2O8. The van der Waals surface area contributed by atoms with Gasteiger partial charge in [0.15, 0.2) is 9.75 Å². The fourth-order valence-electron chi connectivity index (χ4n) is 7.88. The lowest BCUT2D eigenvalue weighted by molar-refractivity contribution is -0.142. The number of carbonyl (C=O) groups is 5. The molecule has 0 aromatic heterocycles. The number of allylic oxidation sites excluding steroid dienone is 3. The molecule has 238 valence electrons. The van der Waals surface area contributed by atoms with E-state index in [0.29, 0.717) is 22.5 Å². The average Bonchev–Trinajstić information content (AvgIpc) is 3.34. The van der Waals surface area contributed by atoms with Crippen LogP contribution < -0.4 is 9.64 Å². The summed E-state index contributed by atoms with van der Waals surface area (Å²) in [4.78, 5) is 64.9. The molecule has 6 unspecified atom stereocenters. The lowest BCUT2D eigenvalue weighted by atomic mass is 9.56. The number of aromatic hydroxyl groups is 1. The Bertz CT molecular complexity index is 1790. The third-order valence-corrected chi connectivity index (χ3v) is 11.3. The van der Waals surface area contributed by atoms with Gasteiger partial charge in [-0.1, -0.05) is 11.6 Å². The highest BCUT2D eigenvalue weighted by molar-refractivity contribution is 6.58. The number of benzene rings is 2. The van der Waals surface area contributed by atoms with Gasteiger partial charge >= 0.3 is 5.97 Å². The van der Waals surface area contributed by atoms with Gasteiger partial charge in [0, 0.05) is 30.9 Å². The number of imide groups is 2. The maximum absolute atomic E-state index is 14.4. The van der Waals surface area contributed by atoms with E-state index < -0.39 is 68.8 Å². The molecule has 3 fully saturated rings. The van der Waals surface area contributed by atoms with E-state index in [0.717, 1.165) is 21.9 Å². The number of aliphatic carboxylic acids is 1. The van der Waals surface area contributed by atoms with Gasteiger partial charge in [0.05, 0.1) is 23.8 Å². The minimum atomic E-state index is -2.11. The van der Waals surface area contributed by atoms with Crippen molar-refractivity contribution in [3.63, 3.8) is 0 Å². The number of phenols is 1. The van der Waals surface area contributed by atoms with Crippen LogP contribution >= 0.6 is 23.2 Å². The van der Waals surface area contributed by atoms with Gasteiger partial charge in [-0.3, -0.25) is 28.9 Å². The predicted octanol–water partition coefficient (Wildman–Crippen LogP) is 4.31. The molecule has 0 spiro atoms. The number of amides is 4. The lowest BCUT2D eigenvalue weighted by Crippen LogP contribution is -2.61. The van der Waals surface area contributed by atoms with Crippen molar-refractivity contribution in [2.75, 3.05) is 11.4 Å². The van der Waals surface area contributed by atoms with Crippen molar-refractivity contribution in [3.8, 4) is 11.5 Å². The number of hydrogen-bond acceptors (Lipinski definition) is 7. The number of hydrogen-bond donors (Lipinski definition) is 2. The van der Waals surface area contributed by atoms with E-state index in [1.807, 2.05) is 0 Å². The van der Waals surface area contributed by atoms with E-state index in [9.17, 15) is 33.5 Å². The summed E-state index contributed by atoms with van der Waals surface area (Å²) < 4.78 is 19.7. The second-order valence-electron chi connectivity index (χ2n) is 12.4. The van der Waals surface area contributed by atoms with Crippen LogP contribution in [0, 0.1) is 29.5 Å². The Balaban J connectivity index is 1.34. The molecule has 46 heavy (non-hydrogen) atoms. The van der Waals surface area contributed by atoms with Crippen molar-refractivity contribution in [1.82, 2.24) is 4.90 Å². The summed E-state index contributed by atoms with van der Waals surface area (Å²) >= 11 is 14.7. The number of likely N-dealkylation sites (tertiary alicyclic amines) is 1. The molecule has 1 saturated carbocycles. The number of carboxylic acid groups (broad SMARTS) is 1. The number of nitrogens with zero attached hydrogens (tertiary/aromatic N) is 2. The van der Waals surface area contributed by atoms with Crippen LogP contribution in [0.25, 0.3) is 0 Å². The summed E-state index contributed by atoms with van der Waals surface area (Å²) in [5, 5.41) is 19.2. The molecule has 3 heterocycles. The zero-order valence-electron chi connectivity index (χ0n) is 24.1. The third kappa shape index (κ3) is 4.24. The van der Waals surface area contributed by atoms with E-state index in [-0.39, 0.29) is 50.1 Å². The average molecular weight is 669 g/mol. The number of ether oxygens (including phenoxy) is 1. The first-order valence-electron chi connectivity index (χ1n) is 14.8. The van der Waals surface area contributed by atoms with E-state index in [4.69, 9.17) is 33.0 Å². The standard InChI is InChI=1S/C33H27Cl2FN2O8/c34-32-14-23-21(8-9-22-26(23)29(43)37(28(22)42)11-1-2-25(40)41)27(17-12-16-13-20(39)7-10-24(16)46-15-17)33(32,35)31(45)38(30(32)44)19-5-3-18(36)4-6-19/h3-8,10,13,15,22-23,26-27,39H,1-2,9,11-12,14H2,(H,40,41). The largest absolute Gasteiger partial charge is 0.508 e. The Hall–Kier alpha value is -4.22. The summed E-state index contributed by atoms with van der Waals surface area (Å²) in [6, 6.07) is 9.34. The van der Waals surface area contributed by atoms with E-state index in [1.165, 1.54) is 30.5 Å². The Kier molecular flexibility index (Phi) is 7.06. The SMILES string of the molecule is O=C(O)CCCN1C(=O)C2CC=C3C(CC4(Cl)C(=O)N(c5ccc(F)cc5)C(=O)C4(Cl)C3C3=COc4ccc(O)cc4C3)C2C1=O. The van der Waals surface area contributed by atoms with Gasteiger partial charge in [0.25, 0.3) is 11.8 Å². The van der Waals surface area contributed by atoms with Gasteiger partial charge in [-0.15, -0.1) is 23.2 Å². The molecule has 2 saturated heterocycles. The first kappa shape index (κ1) is 30.4. The van der Waals surface area contributed by atoms with Crippen molar-refractivity contribution >= 4 is 58.5 Å². The molecule has 2 aromatic rings. The van der Waals surface area contributed by atoms with Gasteiger partial charge in [-0.05, 0) is 73.2 Å².